The Balaban J connectivity index is 0.00000320. The standard InChI is InChI=1S/C25H25FN6O3S.H2/c1-18(32-12-10-19-3-2-4-22(26)24(19)32)25(33)31-15-13-30(14-16-31)20-5-7-21(8-6-20)36(34,35)29-23-9-11-27-17-28-23;/h2-12,17-18H,13-16H2,1H3,(H,27,28,29);1H. The molecule has 1 unspecified atom stereocenters. The van der Waals surface area contributed by atoms with Gasteiger partial charge in [0.2, 0.25) is 5.91 Å². The summed E-state index contributed by atoms with van der Waals surface area (Å²) in [7, 11) is -3.77. The first kappa shape index (κ1) is 23.7. The highest BCUT2D eigenvalue weighted by Gasteiger charge is 2.27. The van der Waals surface area contributed by atoms with Crippen molar-refractivity contribution in [3.63, 3.8) is 0 Å². The second-order valence-corrected chi connectivity index (χ2v) is 10.3. The Morgan fingerprint density at radius 1 is 1.06 bits per heavy atom. The fraction of sp³-hybridized carbons (Fsp3) is 0.240. The third kappa shape index (κ3) is 4.61. The molecule has 1 saturated heterocycles. The molecule has 0 bridgehead atoms. The van der Waals surface area contributed by atoms with E-state index in [0.29, 0.717) is 31.7 Å². The molecule has 0 saturated carbocycles. The summed E-state index contributed by atoms with van der Waals surface area (Å²) in [6, 6.07) is 14.2. The van der Waals surface area contributed by atoms with E-state index < -0.39 is 16.1 Å². The number of amides is 1. The summed E-state index contributed by atoms with van der Waals surface area (Å²) in [5.74, 6) is -0.216. The molecule has 0 spiro atoms. The normalized spacial score (nSPS) is 15.2. The van der Waals surface area contributed by atoms with Crippen molar-refractivity contribution in [2.75, 3.05) is 35.8 Å². The van der Waals surface area contributed by atoms with Crippen LogP contribution in [0, 0.1) is 5.82 Å². The second-order valence-electron chi connectivity index (χ2n) is 8.58. The number of sulfonamides is 1. The van der Waals surface area contributed by atoms with Crippen molar-refractivity contribution in [2.45, 2.75) is 17.9 Å². The van der Waals surface area contributed by atoms with Gasteiger partial charge in [0.1, 0.15) is 24.0 Å². The second kappa shape index (κ2) is 9.57. The van der Waals surface area contributed by atoms with Crippen LogP contribution in [0.3, 0.4) is 0 Å². The van der Waals surface area contributed by atoms with E-state index >= 15 is 0 Å². The van der Waals surface area contributed by atoms with Gasteiger partial charge in [-0.3, -0.25) is 9.52 Å². The Bertz CT molecular complexity index is 1490. The lowest BCUT2D eigenvalue weighted by Crippen LogP contribution is -2.50. The van der Waals surface area contributed by atoms with Crippen molar-refractivity contribution < 1.29 is 19.0 Å². The SMILES string of the molecule is CC(C(=O)N1CCN(c2ccc(S(=O)(=O)Nc3ccncn3)cc2)CC1)n1ccc2cccc(F)c21.[HH]. The average molecular weight is 511 g/mol. The molecule has 1 fully saturated rings. The van der Waals surface area contributed by atoms with E-state index in [2.05, 4.69) is 19.6 Å². The number of nitrogens with zero attached hydrogens (tertiary/aromatic N) is 5. The first-order chi connectivity index (χ1) is 17.3. The van der Waals surface area contributed by atoms with Gasteiger partial charge in [0.25, 0.3) is 10.0 Å². The summed E-state index contributed by atoms with van der Waals surface area (Å²) in [6.45, 7) is 4.02. The number of anilines is 2. The van der Waals surface area contributed by atoms with Gasteiger partial charge in [0, 0.05) is 51.1 Å². The van der Waals surface area contributed by atoms with Crippen LogP contribution in [-0.2, 0) is 14.8 Å². The molecule has 4 aromatic rings. The lowest BCUT2D eigenvalue weighted by atomic mass is 10.2. The maximum absolute atomic E-state index is 14.4. The van der Waals surface area contributed by atoms with E-state index in [1.165, 1.54) is 24.7 Å². The summed E-state index contributed by atoms with van der Waals surface area (Å²) in [4.78, 5) is 24.9. The molecule has 1 atom stereocenters. The van der Waals surface area contributed by atoms with Crippen LogP contribution in [0.25, 0.3) is 10.9 Å². The van der Waals surface area contributed by atoms with E-state index in [-0.39, 0.29) is 23.9 Å². The molecule has 0 aliphatic carbocycles. The minimum absolute atomic E-state index is 0. The molecular weight excluding hydrogens is 483 g/mol. The van der Waals surface area contributed by atoms with Crippen LogP contribution in [0.4, 0.5) is 15.9 Å². The number of carbonyl (C=O) groups is 1. The van der Waals surface area contributed by atoms with Crippen LogP contribution < -0.4 is 9.62 Å². The van der Waals surface area contributed by atoms with E-state index in [9.17, 15) is 17.6 Å². The zero-order chi connectivity index (χ0) is 25.3. The number of hydrogen-bond donors (Lipinski definition) is 1. The Morgan fingerprint density at radius 3 is 2.50 bits per heavy atom. The zero-order valence-corrected chi connectivity index (χ0v) is 20.4. The van der Waals surface area contributed by atoms with Crippen molar-refractivity contribution in [1.29, 1.82) is 0 Å². The fourth-order valence-corrected chi connectivity index (χ4v) is 5.46. The molecule has 1 N–H and O–H groups in total. The molecule has 0 radical (unpaired) electrons. The third-order valence-corrected chi connectivity index (χ3v) is 7.76. The average Bonchev–Trinajstić information content (AvgIpc) is 3.34. The van der Waals surface area contributed by atoms with E-state index in [1.807, 2.05) is 12.1 Å². The van der Waals surface area contributed by atoms with Crippen molar-refractivity contribution >= 4 is 38.3 Å². The smallest absolute Gasteiger partial charge is 0.263 e. The van der Waals surface area contributed by atoms with Gasteiger partial charge >= 0.3 is 0 Å². The molecular formula is C25H27FN6O3S. The first-order valence-corrected chi connectivity index (χ1v) is 13.0. The number of nitrogens with one attached hydrogen (secondary N) is 1. The van der Waals surface area contributed by atoms with Crippen molar-refractivity contribution in [2.24, 2.45) is 0 Å². The van der Waals surface area contributed by atoms with Crippen molar-refractivity contribution in [1.82, 2.24) is 19.4 Å². The number of aromatic nitrogens is 3. The minimum Gasteiger partial charge on any atom is -0.368 e. The van der Waals surface area contributed by atoms with Gasteiger partial charge in [-0.05, 0) is 49.4 Å². The summed E-state index contributed by atoms with van der Waals surface area (Å²) in [5.41, 5.74) is 1.30. The van der Waals surface area contributed by atoms with Crippen molar-refractivity contribution in [3.05, 3.63) is 79.1 Å². The fourth-order valence-electron chi connectivity index (χ4n) is 4.45. The topological polar surface area (TPSA) is 100 Å². The van der Waals surface area contributed by atoms with E-state index in [1.54, 1.807) is 52.9 Å². The molecule has 11 heteroatoms. The van der Waals surface area contributed by atoms with Crippen LogP contribution in [0.15, 0.2) is 78.2 Å². The summed E-state index contributed by atoms with van der Waals surface area (Å²) in [6.07, 6.45) is 4.48. The molecule has 2 aromatic carbocycles. The number of halogens is 1. The van der Waals surface area contributed by atoms with Gasteiger partial charge in [-0.25, -0.2) is 22.8 Å². The Kier molecular flexibility index (Phi) is 6.31. The predicted molar refractivity (Wildman–Crippen MR) is 137 cm³/mol. The molecule has 5 rings (SSSR count). The summed E-state index contributed by atoms with van der Waals surface area (Å²) >= 11 is 0. The maximum Gasteiger partial charge on any atom is 0.263 e. The maximum atomic E-state index is 14.4. The van der Waals surface area contributed by atoms with Crippen LogP contribution in [0.2, 0.25) is 0 Å². The molecule has 188 valence electrons. The van der Waals surface area contributed by atoms with Gasteiger partial charge in [-0.2, -0.15) is 0 Å². The summed E-state index contributed by atoms with van der Waals surface area (Å²) < 4.78 is 43.7. The first-order valence-electron chi connectivity index (χ1n) is 11.5. The van der Waals surface area contributed by atoms with Gasteiger partial charge in [-0.15, -0.1) is 0 Å². The number of benzene rings is 2. The number of carbonyl (C=O) groups excluding carboxylic acids is 1. The molecule has 9 nitrogen and oxygen atoms in total. The molecule has 36 heavy (non-hydrogen) atoms. The van der Waals surface area contributed by atoms with Crippen LogP contribution in [-0.4, -0.2) is 59.9 Å². The zero-order valence-electron chi connectivity index (χ0n) is 19.6. The molecule has 1 aliphatic rings. The van der Waals surface area contributed by atoms with Crippen LogP contribution >= 0.6 is 0 Å². The third-order valence-electron chi connectivity index (χ3n) is 6.39. The number of fused-ring (bicyclic) bond motifs is 1. The van der Waals surface area contributed by atoms with E-state index in [0.717, 1.165) is 11.1 Å². The number of para-hydroxylation sites is 1. The van der Waals surface area contributed by atoms with E-state index in [4.69, 9.17) is 0 Å². The lowest BCUT2D eigenvalue weighted by Gasteiger charge is -2.37. The molecule has 3 heterocycles. The Labute approximate surface area is 209 Å². The van der Waals surface area contributed by atoms with Crippen LogP contribution in [0.1, 0.15) is 14.4 Å². The highest BCUT2D eigenvalue weighted by atomic mass is 32.2. The number of hydrogen-bond acceptors (Lipinski definition) is 6. The number of piperazine rings is 1. The highest BCUT2D eigenvalue weighted by molar-refractivity contribution is 7.92. The predicted octanol–water partition coefficient (Wildman–Crippen LogP) is 3.53. The van der Waals surface area contributed by atoms with Crippen LogP contribution in [0.5, 0.6) is 0 Å². The molecule has 2 aromatic heterocycles. The summed E-state index contributed by atoms with van der Waals surface area (Å²) in [5, 5.41) is 0.761. The Morgan fingerprint density at radius 2 is 1.81 bits per heavy atom. The Hall–Kier alpha value is -3.99. The van der Waals surface area contributed by atoms with Crippen molar-refractivity contribution in [3.8, 4) is 0 Å². The molecule has 1 amide bonds. The van der Waals surface area contributed by atoms with Gasteiger partial charge in [0.15, 0.2) is 0 Å². The molecule has 1 aliphatic heterocycles. The quantitative estimate of drug-likeness (QED) is 0.426. The lowest BCUT2D eigenvalue weighted by molar-refractivity contribution is -0.134. The minimum atomic E-state index is -3.77. The van der Waals surface area contributed by atoms with Gasteiger partial charge < -0.3 is 14.4 Å². The highest BCUT2D eigenvalue weighted by Crippen LogP contribution is 2.25. The number of rotatable bonds is 6. The largest absolute Gasteiger partial charge is 0.368 e. The monoisotopic (exact) mass is 510 g/mol. The van der Waals surface area contributed by atoms with Gasteiger partial charge in [-0.1, -0.05) is 12.1 Å². The van der Waals surface area contributed by atoms with Gasteiger partial charge in [0.05, 0.1) is 10.4 Å².